The Hall–Kier alpha value is -2.03. The van der Waals surface area contributed by atoms with Gasteiger partial charge in [-0.25, -0.2) is 9.78 Å². The molecule has 0 spiro atoms. The van der Waals surface area contributed by atoms with Crippen LogP contribution >= 0.6 is 0 Å². The van der Waals surface area contributed by atoms with E-state index in [1.54, 1.807) is 19.2 Å². The second-order valence-corrected chi connectivity index (χ2v) is 6.35. The average Bonchev–Trinajstić information content (AvgIpc) is 3.06. The number of nitrogens with one attached hydrogen (secondary N) is 2. The molecule has 1 atom stereocenters. The van der Waals surface area contributed by atoms with Gasteiger partial charge in [0.2, 0.25) is 5.88 Å². The van der Waals surface area contributed by atoms with Gasteiger partial charge in [0.1, 0.15) is 12.7 Å². The molecule has 26 heavy (non-hydrogen) atoms. The first-order valence-corrected chi connectivity index (χ1v) is 8.63. The van der Waals surface area contributed by atoms with Crippen molar-refractivity contribution < 1.29 is 27.4 Å². The predicted octanol–water partition coefficient (Wildman–Crippen LogP) is 3.17. The van der Waals surface area contributed by atoms with Crippen LogP contribution in [0.5, 0.6) is 5.88 Å². The molecule has 2 rings (SSSR count). The first-order chi connectivity index (χ1) is 12.3. The number of nitrogens with zero attached hydrogens (tertiary/aromatic N) is 1. The van der Waals surface area contributed by atoms with Crippen LogP contribution < -0.4 is 15.4 Å². The standard InChI is InChI=1S/C17H24F3N3O3/c1-12(10-25-11-17(18,19)20)23-16(24)22-9-13-5-4-8-21-15(13)26-14-6-2-3-7-14/h4-5,8,12,14H,2-3,6-7,9-11H2,1H3,(H2,22,23,24). The van der Waals surface area contributed by atoms with Crippen molar-refractivity contribution in [3.05, 3.63) is 23.9 Å². The summed E-state index contributed by atoms with van der Waals surface area (Å²) in [7, 11) is 0. The molecular weight excluding hydrogens is 351 g/mol. The highest BCUT2D eigenvalue weighted by Crippen LogP contribution is 2.24. The smallest absolute Gasteiger partial charge is 0.411 e. The molecule has 1 unspecified atom stereocenters. The summed E-state index contributed by atoms with van der Waals surface area (Å²) in [5.74, 6) is 0.501. The molecule has 1 aromatic heterocycles. The molecule has 146 valence electrons. The molecule has 1 heterocycles. The fourth-order valence-corrected chi connectivity index (χ4v) is 2.67. The second kappa shape index (κ2) is 9.61. The van der Waals surface area contributed by atoms with Crippen molar-refractivity contribution in [1.82, 2.24) is 15.6 Å². The molecule has 6 nitrogen and oxygen atoms in total. The first-order valence-electron chi connectivity index (χ1n) is 8.63. The zero-order valence-electron chi connectivity index (χ0n) is 14.6. The molecule has 0 bridgehead atoms. The van der Waals surface area contributed by atoms with Gasteiger partial charge >= 0.3 is 12.2 Å². The van der Waals surface area contributed by atoms with Gasteiger partial charge in [-0.3, -0.25) is 0 Å². The van der Waals surface area contributed by atoms with E-state index in [1.807, 2.05) is 6.07 Å². The van der Waals surface area contributed by atoms with E-state index < -0.39 is 24.9 Å². The SMILES string of the molecule is CC(COCC(F)(F)F)NC(=O)NCc1cccnc1OC1CCCC1. The molecule has 0 radical (unpaired) electrons. The van der Waals surface area contributed by atoms with Crippen LogP contribution in [0.15, 0.2) is 18.3 Å². The molecule has 1 aromatic rings. The molecule has 0 aliphatic heterocycles. The van der Waals surface area contributed by atoms with E-state index in [9.17, 15) is 18.0 Å². The highest BCUT2D eigenvalue weighted by molar-refractivity contribution is 5.74. The third kappa shape index (κ3) is 7.47. The Bertz CT molecular complexity index is 578. The summed E-state index contributed by atoms with van der Waals surface area (Å²) in [6.45, 7) is 0.209. The lowest BCUT2D eigenvalue weighted by Crippen LogP contribution is -2.42. The quantitative estimate of drug-likeness (QED) is 0.732. The number of carbonyl (C=O) groups excluding carboxylic acids is 1. The van der Waals surface area contributed by atoms with Gasteiger partial charge in [-0.15, -0.1) is 0 Å². The van der Waals surface area contributed by atoms with Crippen LogP contribution in [0.1, 0.15) is 38.2 Å². The van der Waals surface area contributed by atoms with E-state index in [0.29, 0.717) is 5.88 Å². The van der Waals surface area contributed by atoms with Crippen molar-refractivity contribution >= 4 is 6.03 Å². The van der Waals surface area contributed by atoms with Gasteiger partial charge in [0.15, 0.2) is 0 Å². The maximum atomic E-state index is 12.0. The van der Waals surface area contributed by atoms with Crippen LogP contribution in [0.25, 0.3) is 0 Å². The van der Waals surface area contributed by atoms with Crippen LogP contribution in [0, 0.1) is 0 Å². The summed E-state index contributed by atoms with van der Waals surface area (Å²) in [4.78, 5) is 16.1. The number of pyridine rings is 1. The van der Waals surface area contributed by atoms with Crippen LogP contribution in [-0.2, 0) is 11.3 Å². The molecule has 1 fully saturated rings. The first kappa shape index (κ1) is 20.3. The lowest BCUT2D eigenvalue weighted by atomic mass is 10.2. The number of carbonyl (C=O) groups is 1. The average molecular weight is 375 g/mol. The summed E-state index contributed by atoms with van der Waals surface area (Å²) in [6.07, 6.45) is 1.69. The number of aromatic nitrogens is 1. The number of ether oxygens (including phenoxy) is 2. The van der Waals surface area contributed by atoms with E-state index in [-0.39, 0.29) is 19.3 Å². The molecule has 2 amide bonds. The molecule has 0 saturated heterocycles. The van der Waals surface area contributed by atoms with Gasteiger partial charge in [-0.2, -0.15) is 13.2 Å². The minimum Gasteiger partial charge on any atom is -0.474 e. The van der Waals surface area contributed by atoms with Crippen molar-refractivity contribution in [1.29, 1.82) is 0 Å². The molecule has 1 aliphatic carbocycles. The van der Waals surface area contributed by atoms with Crippen LogP contribution in [0.2, 0.25) is 0 Å². The van der Waals surface area contributed by atoms with Crippen molar-refractivity contribution in [3.63, 3.8) is 0 Å². The Morgan fingerprint density at radius 2 is 2.12 bits per heavy atom. The number of amides is 2. The van der Waals surface area contributed by atoms with Gasteiger partial charge < -0.3 is 20.1 Å². The fraction of sp³-hybridized carbons (Fsp3) is 0.647. The third-order valence-electron chi connectivity index (χ3n) is 3.88. The Morgan fingerprint density at radius 3 is 2.81 bits per heavy atom. The lowest BCUT2D eigenvalue weighted by molar-refractivity contribution is -0.174. The normalized spacial score (nSPS) is 16.3. The van der Waals surface area contributed by atoms with Crippen LogP contribution in [0.4, 0.5) is 18.0 Å². The number of urea groups is 1. The number of alkyl halides is 3. The van der Waals surface area contributed by atoms with Gasteiger partial charge in [0, 0.05) is 18.3 Å². The van der Waals surface area contributed by atoms with Crippen molar-refractivity contribution in [2.24, 2.45) is 0 Å². The number of halogens is 3. The Labute approximate surface area is 150 Å². The van der Waals surface area contributed by atoms with Crippen LogP contribution in [0.3, 0.4) is 0 Å². The van der Waals surface area contributed by atoms with Gasteiger partial charge in [-0.1, -0.05) is 6.07 Å². The number of hydrogen-bond acceptors (Lipinski definition) is 4. The summed E-state index contributed by atoms with van der Waals surface area (Å²) in [5, 5.41) is 5.18. The monoisotopic (exact) mass is 375 g/mol. The number of rotatable bonds is 8. The maximum Gasteiger partial charge on any atom is 0.411 e. The molecule has 2 N–H and O–H groups in total. The van der Waals surface area contributed by atoms with E-state index in [2.05, 4.69) is 20.4 Å². The zero-order chi connectivity index (χ0) is 19.0. The Balaban J connectivity index is 1.74. The van der Waals surface area contributed by atoms with E-state index in [0.717, 1.165) is 31.2 Å². The van der Waals surface area contributed by atoms with Crippen molar-refractivity contribution in [2.45, 2.75) is 57.5 Å². The summed E-state index contributed by atoms with van der Waals surface area (Å²) >= 11 is 0. The van der Waals surface area contributed by atoms with Gasteiger partial charge in [0.05, 0.1) is 12.6 Å². The van der Waals surface area contributed by atoms with E-state index in [4.69, 9.17) is 4.74 Å². The Kier molecular flexibility index (Phi) is 7.50. The highest BCUT2D eigenvalue weighted by atomic mass is 19.4. The zero-order valence-corrected chi connectivity index (χ0v) is 14.6. The molecule has 9 heteroatoms. The minimum absolute atomic E-state index is 0.156. The topological polar surface area (TPSA) is 72.5 Å². The minimum atomic E-state index is -4.38. The fourth-order valence-electron chi connectivity index (χ4n) is 2.67. The highest BCUT2D eigenvalue weighted by Gasteiger charge is 2.27. The molecule has 1 saturated carbocycles. The largest absolute Gasteiger partial charge is 0.474 e. The summed E-state index contributed by atoms with van der Waals surface area (Å²) in [5.41, 5.74) is 0.746. The van der Waals surface area contributed by atoms with Gasteiger partial charge in [0.25, 0.3) is 0 Å². The summed E-state index contributed by atoms with van der Waals surface area (Å²) in [6, 6.07) is 2.52. The molecule has 0 aromatic carbocycles. The number of hydrogen-bond donors (Lipinski definition) is 2. The second-order valence-electron chi connectivity index (χ2n) is 6.35. The van der Waals surface area contributed by atoms with Crippen molar-refractivity contribution in [3.8, 4) is 5.88 Å². The maximum absolute atomic E-state index is 12.0. The van der Waals surface area contributed by atoms with Crippen LogP contribution in [-0.4, -0.2) is 42.6 Å². The molecule has 1 aliphatic rings. The Morgan fingerprint density at radius 1 is 1.38 bits per heavy atom. The summed E-state index contributed by atoms with van der Waals surface area (Å²) < 4.78 is 46.5. The van der Waals surface area contributed by atoms with E-state index in [1.165, 1.54) is 0 Å². The van der Waals surface area contributed by atoms with Gasteiger partial charge in [-0.05, 0) is 38.7 Å². The third-order valence-corrected chi connectivity index (χ3v) is 3.88. The lowest BCUT2D eigenvalue weighted by Gasteiger charge is -2.17. The predicted molar refractivity (Wildman–Crippen MR) is 88.8 cm³/mol. The van der Waals surface area contributed by atoms with Crippen molar-refractivity contribution in [2.75, 3.05) is 13.2 Å². The molecular formula is C17H24F3N3O3. The van der Waals surface area contributed by atoms with E-state index >= 15 is 0 Å².